The summed E-state index contributed by atoms with van der Waals surface area (Å²) in [7, 11) is 0. The second-order valence-corrected chi connectivity index (χ2v) is 4.77. The lowest BCUT2D eigenvalue weighted by atomic mass is 10.1. The monoisotopic (exact) mass is 265 g/mol. The summed E-state index contributed by atoms with van der Waals surface area (Å²) < 4.78 is 0. The van der Waals surface area contributed by atoms with Gasteiger partial charge in [-0.05, 0) is 42.1 Å². The minimum Gasteiger partial charge on any atom is -0.361 e. The van der Waals surface area contributed by atoms with E-state index in [2.05, 4.69) is 15.3 Å². The van der Waals surface area contributed by atoms with E-state index in [1.165, 1.54) is 0 Å². The highest BCUT2D eigenvalue weighted by molar-refractivity contribution is 5.97. The van der Waals surface area contributed by atoms with Crippen LogP contribution in [0.3, 0.4) is 0 Å². The maximum absolute atomic E-state index is 12.1. The number of amides is 1. The molecule has 1 aromatic carbocycles. The molecule has 0 aliphatic carbocycles. The zero-order chi connectivity index (χ0) is 13.9. The lowest BCUT2D eigenvalue weighted by Crippen LogP contribution is -2.22. The molecule has 0 atom stereocenters. The molecular formula is C16H15N3O. The fraction of sp³-hybridized carbons (Fsp3) is 0.125. The molecule has 1 amide bonds. The van der Waals surface area contributed by atoms with Gasteiger partial charge in [0.05, 0.1) is 0 Å². The number of carbonyl (C=O) groups is 1. The SMILES string of the molecule is Cc1ccc(CNC(=O)c2ccc3cc[nH]c3c2)cn1. The first-order chi connectivity index (χ1) is 9.72. The number of nitrogens with zero attached hydrogens (tertiary/aromatic N) is 1. The zero-order valence-corrected chi connectivity index (χ0v) is 11.2. The van der Waals surface area contributed by atoms with Gasteiger partial charge in [-0.15, -0.1) is 0 Å². The first kappa shape index (κ1) is 12.4. The topological polar surface area (TPSA) is 57.8 Å². The second kappa shape index (κ2) is 5.17. The van der Waals surface area contributed by atoms with Crippen molar-refractivity contribution in [2.24, 2.45) is 0 Å². The Morgan fingerprint density at radius 3 is 2.95 bits per heavy atom. The fourth-order valence-corrected chi connectivity index (χ4v) is 2.08. The maximum Gasteiger partial charge on any atom is 0.251 e. The number of rotatable bonds is 3. The van der Waals surface area contributed by atoms with E-state index < -0.39 is 0 Å². The third kappa shape index (κ3) is 2.54. The molecule has 0 aliphatic rings. The van der Waals surface area contributed by atoms with E-state index in [9.17, 15) is 4.79 Å². The minimum atomic E-state index is -0.0814. The lowest BCUT2D eigenvalue weighted by Gasteiger charge is -2.05. The van der Waals surface area contributed by atoms with Crippen LogP contribution in [-0.2, 0) is 6.54 Å². The normalized spacial score (nSPS) is 10.7. The number of benzene rings is 1. The number of hydrogen-bond donors (Lipinski definition) is 2. The highest BCUT2D eigenvalue weighted by Crippen LogP contribution is 2.14. The standard InChI is InChI=1S/C16H15N3O/c1-11-2-3-12(9-18-11)10-19-16(20)14-5-4-13-6-7-17-15(13)8-14/h2-9,17H,10H2,1H3,(H,19,20). The number of pyridine rings is 1. The van der Waals surface area contributed by atoms with E-state index in [-0.39, 0.29) is 5.91 Å². The van der Waals surface area contributed by atoms with Gasteiger partial charge in [0, 0.05) is 35.7 Å². The van der Waals surface area contributed by atoms with Crippen molar-refractivity contribution >= 4 is 16.8 Å². The van der Waals surface area contributed by atoms with Crippen LogP contribution < -0.4 is 5.32 Å². The quantitative estimate of drug-likeness (QED) is 0.765. The number of aromatic amines is 1. The number of aryl methyl sites for hydroxylation is 1. The van der Waals surface area contributed by atoms with Crippen LogP contribution in [0.2, 0.25) is 0 Å². The van der Waals surface area contributed by atoms with Crippen molar-refractivity contribution < 1.29 is 4.79 Å². The van der Waals surface area contributed by atoms with Crippen molar-refractivity contribution in [3.05, 3.63) is 65.6 Å². The number of hydrogen-bond acceptors (Lipinski definition) is 2. The molecule has 4 heteroatoms. The predicted octanol–water partition coefficient (Wildman–Crippen LogP) is 2.80. The molecule has 2 aromatic heterocycles. The molecule has 3 rings (SSSR count). The summed E-state index contributed by atoms with van der Waals surface area (Å²) in [6.07, 6.45) is 3.65. The van der Waals surface area contributed by atoms with Gasteiger partial charge in [-0.25, -0.2) is 0 Å². The molecule has 0 saturated carbocycles. The Bertz CT molecular complexity index is 744. The number of carbonyl (C=O) groups excluding carboxylic acids is 1. The van der Waals surface area contributed by atoms with Crippen LogP contribution in [0.25, 0.3) is 10.9 Å². The van der Waals surface area contributed by atoms with Crippen LogP contribution in [0.1, 0.15) is 21.6 Å². The van der Waals surface area contributed by atoms with Crippen molar-refractivity contribution in [3.63, 3.8) is 0 Å². The van der Waals surface area contributed by atoms with Gasteiger partial charge in [0.2, 0.25) is 0 Å². The molecule has 0 radical (unpaired) electrons. The van der Waals surface area contributed by atoms with Crippen LogP contribution in [0.4, 0.5) is 0 Å². The highest BCUT2D eigenvalue weighted by Gasteiger charge is 2.06. The number of nitrogens with one attached hydrogen (secondary N) is 2. The zero-order valence-electron chi connectivity index (χ0n) is 11.2. The molecule has 2 heterocycles. The van der Waals surface area contributed by atoms with E-state index in [0.717, 1.165) is 22.2 Å². The third-order valence-electron chi connectivity index (χ3n) is 3.24. The van der Waals surface area contributed by atoms with Crippen molar-refractivity contribution in [2.45, 2.75) is 13.5 Å². The predicted molar refractivity (Wildman–Crippen MR) is 78.4 cm³/mol. The molecular weight excluding hydrogens is 250 g/mol. The van der Waals surface area contributed by atoms with Crippen LogP contribution in [0, 0.1) is 6.92 Å². The van der Waals surface area contributed by atoms with E-state index in [4.69, 9.17) is 0 Å². The Morgan fingerprint density at radius 2 is 2.15 bits per heavy atom. The molecule has 0 bridgehead atoms. The molecule has 0 unspecified atom stereocenters. The Labute approximate surface area is 116 Å². The highest BCUT2D eigenvalue weighted by atomic mass is 16.1. The van der Waals surface area contributed by atoms with Crippen LogP contribution >= 0.6 is 0 Å². The molecule has 0 spiro atoms. The molecule has 3 aromatic rings. The first-order valence-electron chi connectivity index (χ1n) is 6.49. The molecule has 4 nitrogen and oxygen atoms in total. The Balaban J connectivity index is 1.70. The molecule has 20 heavy (non-hydrogen) atoms. The summed E-state index contributed by atoms with van der Waals surface area (Å²) in [5.41, 5.74) is 3.58. The number of aromatic nitrogens is 2. The average Bonchev–Trinajstić information content (AvgIpc) is 2.93. The number of fused-ring (bicyclic) bond motifs is 1. The Morgan fingerprint density at radius 1 is 1.25 bits per heavy atom. The van der Waals surface area contributed by atoms with Crippen molar-refractivity contribution in [1.29, 1.82) is 0 Å². The van der Waals surface area contributed by atoms with Crippen LogP contribution in [0.5, 0.6) is 0 Å². The Kier molecular flexibility index (Phi) is 3.21. The summed E-state index contributed by atoms with van der Waals surface area (Å²) in [6.45, 7) is 2.42. The Hall–Kier alpha value is -2.62. The second-order valence-electron chi connectivity index (χ2n) is 4.77. The molecule has 0 saturated heterocycles. The molecule has 0 aliphatic heterocycles. The van der Waals surface area contributed by atoms with Gasteiger partial charge >= 0.3 is 0 Å². The summed E-state index contributed by atoms with van der Waals surface area (Å²) in [4.78, 5) is 19.4. The van der Waals surface area contributed by atoms with E-state index >= 15 is 0 Å². The van der Waals surface area contributed by atoms with Gasteiger partial charge in [-0.1, -0.05) is 12.1 Å². The van der Waals surface area contributed by atoms with Crippen molar-refractivity contribution in [3.8, 4) is 0 Å². The average molecular weight is 265 g/mol. The maximum atomic E-state index is 12.1. The summed E-state index contributed by atoms with van der Waals surface area (Å²) in [6, 6.07) is 11.5. The third-order valence-corrected chi connectivity index (χ3v) is 3.24. The van der Waals surface area contributed by atoms with Gasteiger partial charge in [-0.2, -0.15) is 0 Å². The lowest BCUT2D eigenvalue weighted by molar-refractivity contribution is 0.0951. The van der Waals surface area contributed by atoms with Crippen LogP contribution in [-0.4, -0.2) is 15.9 Å². The van der Waals surface area contributed by atoms with E-state index in [1.54, 1.807) is 6.20 Å². The van der Waals surface area contributed by atoms with E-state index in [0.29, 0.717) is 12.1 Å². The van der Waals surface area contributed by atoms with Crippen molar-refractivity contribution in [2.75, 3.05) is 0 Å². The van der Waals surface area contributed by atoms with Gasteiger partial charge in [-0.3, -0.25) is 9.78 Å². The number of H-pyrrole nitrogens is 1. The first-order valence-corrected chi connectivity index (χ1v) is 6.49. The molecule has 100 valence electrons. The van der Waals surface area contributed by atoms with Gasteiger partial charge in [0.15, 0.2) is 0 Å². The van der Waals surface area contributed by atoms with Gasteiger partial charge in [0.1, 0.15) is 0 Å². The minimum absolute atomic E-state index is 0.0814. The van der Waals surface area contributed by atoms with Crippen molar-refractivity contribution in [1.82, 2.24) is 15.3 Å². The summed E-state index contributed by atoms with van der Waals surface area (Å²) >= 11 is 0. The van der Waals surface area contributed by atoms with E-state index in [1.807, 2.05) is 49.5 Å². The summed E-state index contributed by atoms with van der Waals surface area (Å²) in [5, 5.41) is 4.00. The largest absolute Gasteiger partial charge is 0.361 e. The van der Waals surface area contributed by atoms with Gasteiger partial charge < -0.3 is 10.3 Å². The van der Waals surface area contributed by atoms with Crippen LogP contribution in [0.15, 0.2) is 48.8 Å². The molecule has 0 fully saturated rings. The van der Waals surface area contributed by atoms with Gasteiger partial charge in [0.25, 0.3) is 5.91 Å². The summed E-state index contributed by atoms with van der Waals surface area (Å²) in [5.74, 6) is -0.0814. The smallest absolute Gasteiger partial charge is 0.251 e. The fourth-order valence-electron chi connectivity index (χ4n) is 2.08. The molecule has 2 N–H and O–H groups in total.